The maximum absolute atomic E-state index is 5.36. The summed E-state index contributed by atoms with van der Waals surface area (Å²) in [6, 6.07) is 0. The van der Waals surface area contributed by atoms with Crippen LogP contribution in [0, 0.1) is 0 Å². The summed E-state index contributed by atoms with van der Waals surface area (Å²) < 4.78 is 5.36. The van der Waals surface area contributed by atoms with Crippen molar-refractivity contribution >= 4 is 0 Å². The largest absolute Gasteiger partial charge is 0.478 e. The Morgan fingerprint density at radius 2 is 2.42 bits per heavy atom. The molecule has 64 valence electrons. The van der Waals surface area contributed by atoms with Gasteiger partial charge in [0.1, 0.15) is 6.33 Å². The predicted octanol–water partition coefficient (Wildman–Crippen LogP) is 0.478. The standard InChI is InChI=1S/C8H11N3O/c1-2-12-8-6-3-9-4-7(6)10-5-11-8/h5,9H,2-4H2,1H3. The summed E-state index contributed by atoms with van der Waals surface area (Å²) in [6.45, 7) is 4.27. The highest BCUT2D eigenvalue weighted by Crippen LogP contribution is 2.21. The van der Waals surface area contributed by atoms with Crippen LogP contribution in [0.1, 0.15) is 18.2 Å². The van der Waals surface area contributed by atoms with Crippen molar-refractivity contribution in [1.29, 1.82) is 0 Å². The highest BCUT2D eigenvalue weighted by Gasteiger charge is 2.16. The third kappa shape index (κ3) is 1.14. The molecule has 1 N–H and O–H groups in total. The SMILES string of the molecule is CCOc1ncnc2c1CNC2. The molecule has 0 amide bonds. The lowest BCUT2D eigenvalue weighted by molar-refractivity contribution is 0.322. The molecule has 2 rings (SSSR count). The molecule has 0 spiro atoms. The zero-order valence-electron chi connectivity index (χ0n) is 7.00. The van der Waals surface area contributed by atoms with Gasteiger partial charge in [-0.15, -0.1) is 0 Å². The van der Waals surface area contributed by atoms with E-state index >= 15 is 0 Å². The van der Waals surface area contributed by atoms with Gasteiger partial charge < -0.3 is 10.1 Å². The fourth-order valence-electron chi connectivity index (χ4n) is 1.33. The second-order valence-corrected chi connectivity index (χ2v) is 2.64. The van der Waals surface area contributed by atoms with E-state index in [9.17, 15) is 0 Å². The molecule has 0 aromatic carbocycles. The van der Waals surface area contributed by atoms with Crippen molar-refractivity contribution in [3.8, 4) is 5.88 Å². The van der Waals surface area contributed by atoms with Gasteiger partial charge in [-0.2, -0.15) is 0 Å². The second-order valence-electron chi connectivity index (χ2n) is 2.64. The molecule has 1 aliphatic rings. The fourth-order valence-corrected chi connectivity index (χ4v) is 1.33. The van der Waals surface area contributed by atoms with E-state index in [0.717, 1.165) is 30.2 Å². The molecule has 0 radical (unpaired) electrons. The quantitative estimate of drug-likeness (QED) is 0.692. The second kappa shape index (κ2) is 3.06. The highest BCUT2D eigenvalue weighted by atomic mass is 16.5. The Morgan fingerprint density at radius 1 is 1.50 bits per heavy atom. The summed E-state index contributed by atoms with van der Waals surface area (Å²) in [5, 5.41) is 3.20. The Morgan fingerprint density at radius 3 is 3.25 bits per heavy atom. The molecule has 0 unspecified atom stereocenters. The zero-order valence-corrected chi connectivity index (χ0v) is 7.00. The summed E-state index contributed by atoms with van der Waals surface area (Å²) in [5.41, 5.74) is 2.17. The van der Waals surface area contributed by atoms with Crippen molar-refractivity contribution in [2.75, 3.05) is 6.61 Å². The minimum atomic E-state index is 0.656. The van der Waals surface area contributed by atoms with E-state index < -0.39 is 0 Å². The lowest BCUT2D eigenvalue weighted by Gasteiger charge is -2.04. The van der Waals surface area contributed by atoms with Crippen molar-refractivity contribution < 1.29 is 4.74 Å². The van der Waals surface area contributed by atoms with Gasteiger partial charge in [0.2, 0.25) is 5.88 Å². The number of hydrogen-bond donors (Lipinski definition) is 1. The predicted molar refractivity (Wildman–Crippen MR) is 43.7 cm³/mol. The Kier molecular flexibility index (Phi) is 1.91. The van der Waals surface area contributed by atoms with Crippen LogP contribution < -0.4 is 10.1 Å². The van der Waals surface area contributed by atoms with Crippen LogP contribution in [0.2, 0.25) is 0 Å². The van der Waals surface area contributed by atoms with E-state index in [1.165, 1.54) is 0 Å². The maximum Gasteiger partial charge on any atom is 0.221 e. The van der Waals surface area contributed by atoms with Crippen molar-refractivity contribution in [1.82, 2.24) is 15.3 Å². The molecule has 12 heavy (non-hydrogen) atoms. The normalized spacial score (nSPS) is 14.4. The van der Waals surface area contributed by atoms with E-state index in [4.69, 9.17) is 4.74 Å². The monoisotopic (exact) mass is 165 g/mol. The van der Waals surface area contributed by atoms with Gasteiger partial charge in [0.05, 0.1) is 17.9 Å². The van der Waals surface area contributed by atoms with Crippen LogP contribution in [-0.2, 0) is 13.1 Å². The first-order valence-corrected chi connectivity index (χ1v) is 4.08. The van der Waals surface area contributed by atoms with Crippen LogP contribution in [0.4, 0.5) is 0 Å². The highest BCUT2D eigenvalue weighted by molar-refractivity contribution is 5.32. The van der Waals surface area contributed by atoms with Gasteiger partial charge in [0, 0.05) is 13.1 Å². The first-order valence-electron chi connectivity index (χ1n) is 4.08. The van der Waals surface area contributed by atoms with Gasteiger partial charge in [-0.3, -0.25) is 0 Å². The van der Waals surface area contributed by atoms with Gasteiger partial charge in [-0.25, -0.2) is 9.97 Å². The Hall–Kier alpha value is -1.16. The lowest BCUT2D eigenvalue weighted by Crippen LogP contribution is -2.02. The van der Waals surface area contributed by atoms with E-state index in [-0.39, 0.29) is 0 Å². The molecule has 0 saturated heterocycles. The van der Waals surface area contributed by atoms with Crippen LogP contribution in [0.5, 0.6) is 5.88 Å². The number of rotatable bonds is 2. The fraction of sp³-hybridized carbons (Fsp3) is 0.500. The molecule has 0 fully saturated rings. The van der Waals surface area contributed by atoms with E-state index in [1.807, 2.05) is 6.92 Å². The zero-order chi connectivity index (χ0) is 8.39. The van der Waals surface area contributed by atoms with Gasteiger partial charge in [0.15, 0.2) is 0 Å². The van der Waals surface area contributed by atoms with Crippen molar-refractivity contribution in [2.45, 2.75) is 20.0 Å². The minimum absolute atomic E-state index is 0.656. The first-order chi connectivity index (χ1) is 5.92. The summed E-state index contributed by atoms with van der Waals surface area (Å²) in [7, 11) is 0. The lowest BCUT2D eigenvalue weighted by atomic mass is 10.3. The number of ether oxygens (including phenoxy) is 1. The topological polar surface area (TPSA) is 47.0 Å². The number of fused-ring (bicyclic) bond motifs is 1. The molecular weight excluding hydrogens is 154 g/mol. The summed E-state index contributed by atoms with van der Waals surface area (Å²) >= 11 is 0. The number of hydrogen-bond acceptors (Lipinski definition) is 4. The number of aromatic nitrogens is 2. The Bertz CT molecular complexity index is 288. The molecular formula is C8H11N3O. The molecule has 4 heteroatoms. The van der Waals surface area contributed by atoms with Crippen molar-refractivity contribution in [2.24, 2.45) is 0 Å². The molecule has 1 aromatic heterocycles. The molecule has 0 saturated carbocycles. The third-order valence-corrected chi connectivity index (χ3v) is 1.87. The van der Waals surface area contributed by atoms with Crippen molar-refractivity contribution in [3.05, 3.63) is 17.6 Å². The molecule has 0 bridgehead atoms. The average Bonchev–Trinajstić information content (AvgIpc) is 2.53. The number of nitrogens with zero attached hydrogens (tertiary/aromatic N) is 2. The molecule has 0 atom stereocenters. The van der Waals surface area contributed by atoms with Crippen LogP contribution in [-0.4, -0.2) is 16.6 Å². The Labute approximate surface area is 71.0 Å². The van der Waals surface area contributed by atoms with E-state index in [0.29, 0.717) is 6.61 Å². The first kappa shape index (κ1) is 7.49. The van der Waals surface area contributed by atoms with Gasteiger partial charge in [-0.1, -0.05) is 0 Å². The molecule has 2 heterocycles. The molecule has 4 nitrogen and oxygen atoms in total. The van der Waals surface area contributed by atoms with Gasteiger partial charge >= 0.3 is 0 Å². The summed E-state index contributed by atoms with van der Waals surface area (Å²) in [5.74, 6) is 0.729. The van der Waals surface area contributed by atoms with Crippen LogP contribution in [0.25, 0.3) is 0 Å². The maximum atomic E-state index is 5.36. The minimum Gasteiger partial charge on any atom is -0.478 e. The van der Waals surface area contributed by atoms with Gasteiger partial charge in [0.25, 0.3) is 0 Å². The van der Waals surface area contributed by atoms with Crippen molar-refractivity contribution in [3.63, 3.8) is 0 Å². The average molecular weight is 165 g/mol. The summed E-state index contributed by atoms with van der Waals surface area (Å²) in [4.78, 5) is 8.22. The molecule has 1 aliphatic heterocycles. The van der Waals surface area contributed by atoms with E-state index in [2.05, 4.69) is 15.3 Å². The third-order valence-electron chi connectivity index (χ3n) is 1.87. The smallest absolute Gasteiger partial charge is 0.221 e. The van der Waals surface area contributed by atoms with Crippen LogP contribution in [0.15, 0.2) is 6.33 Å². The van der Waals surface area contributed by atoms with Crippen LogP contribution in [0.3, 0.4) is 0 Å². The number of nitrogens with one attached hydrogen (secondary N) is 1. The summed E-state index contributed by atoms with van der Waals surface area (Å²) in [6.07, 6.45) is 1.55. The van der Waals surface area contributed by atoms with Crippen LogP contribution >= 0.6 is 0 Å². The Balaban J connectivity index is 2.36. The molecule has 0 aliphatic carbocycles. The van der Waals surface area contributed by atoms with E-state index in [1.54, 1.807) is 6.33 Å². The van der Waals surface area contributed by atoms with Gasteiger partial charge in [-0.05, 0) is 6.92 Å². The molecule has 1 aromatic rings.